The van der Waals surface area contributed by atoms with E-state index in [-0.39, 0.29) is 35.1 Å². The van der Waals surface area contributed by atoms with E-state index in [2.05, 4.69) is 31.3 Å². The van der Waals surface area contributed by atoms with Gasteiger partial charge < -0.3 is 16.0 Å². The summed E-state index contributed by atoms with van der Waals surface area (Å²) in [6, 6.07) is 7.66. The summed E-state index contributed by atoms with van der Waals surface area (Å²) in [5.74, 6) is 0.342. The molecule has 30 heavy (non-hydrogen) atoms. The summed E-state index contributed by atoms with van der Waals surface area (Å²) in [5.41, 5.74) is 7.17. The van der Waals surface area contributed by atoms with Crippen LogP contribution < -0.4 is 11.1 Å². The summed E-state index contributed by atoms with van der Waals surface area (Å²) in [6.45, 7) is 9.79. The fourth-order valence-electron chi connectivity index (χ4n) is 5.09. The van der Waals surface area contributed by atoms with Gasteiger partial charge in [-0.25, -0.2) is 0 Å². The van der Waals surface area contributed by atoms with Crippen molar-refractivity contribution in [3.8, 4) is 0 Å². The van der Waals surface area contributed by atoms with Crippen molar-refractivity contribution in [3.05, 3.63) is 34.9 Å². The van der Waals surface area contributed by atoms with Crippen molar-refractivity contribution in [2.24, 2.45) is 23.0 Å². The molecule has 166 valence electrons. The van der Waals surface area contributed by atoms with E-state index in [0.717, 1.165) is 24.3 Å². The number of nitrogens with two attached hydrogens (primary N) is 1. The molecule has 1 saturated heterocycles. The van der Waals surface area contributed by atoms with E-state index in [1.807, 2.05) is 30.9 Å². The van der Waals surface area contributed by atoms with Crippen LogP contribution in [0, 0.1) is 17.3 Å². The Hall–Kier alpha value is -1.59. The molecule has 1 heterocycles. The predicted octanol–water partition coefficient (Wildman–Crippen LogP) is 3.95. The maximum atomic E-state index is 13.4. The number of nitrogens with zero attached hydrogens (tertiary/aromatic N) is 1. The zero-order valence-corrected chi connectivity index (χ0v) is 19.4. The molecule has 1 aromatic rings. The third-order valence-corrected chi connectivity index (χ3v) is 7.14. The Morgan fingerprint density at radius 1 is 1.17 bits per heavy atom. The molecule has 1 saturated carbocycles. The van der Waals surface area contributed by atoms with Gasteiger partial charge >= 0.3 is 0 Å². The van der Waals surface area contributed by atoms with Crippen LogP contribution in [0.25, 0.3) is 0 Å². The molecule has 6 heteroatoms. The zero-order valence-electron chi connectivity index (χ0n) is 18.7. The number of hydrogen-bond acceptors (Lipinski definition) is 3. The molecule has 5 nitrogen and oxygen atoms in total. The SMILES string of the molecule is CC(C)[C@@H](NC(=O)[C@@H]1CC[C@@H](N)C1)C(=O)N1CCC(c2ccc(Cl)cc2)C(C)(C)C1. The average Bonchev–Trinajstić information content (AvgIpc) is 3.12. The van der Waals surface area contributed by atoms with Gasteiger partial charge in [-0.15, -0.1) is 0 Å². The Morgan fingerprint density at radius 3 is 2.37 bits per heavy atom. The highest BCUT2D eigenvalue weighted by Gasteiger charge is 2.41. The minimum Gasteiger partial charge on any atom is -0.344 e. The van der Waals surface area contributed by atoms with Gasteiger partial charge in [0.15, 0.2) is 0 Å². The molecule has 1 aliphatic carbocycles. The minimum atomic E-state index is -0.489. The first-order valence-electron chi connectivity index (χ1n) is 11.2. The van der Waals surface area contributed by atoms with E-state index < -0.39 is 6.04 Å². The van der Waals surface area contributed by atoms with E-state index in [4.69, 9.17) is 17.3 Å². The Labute approximate surface area is 185 Å². The van der Waals surface area contributed by atoms with Crippen LogP contribution in [0.5, 0.6) is 0 Å². The summed E-state index contributed by atoms with van der Waals surface area (Å²) in [4.78, 5) is 28.1. The molecule has 0 aromatic heterocycles. The highest BCUT2D eigenvalue weighted by atomic mass is 35.5. The Balaban J connectivity index is 1.67. The third-order valence-electron chi connectivity index (χ3n) is 6.89. The lowest BCUT2D eigenvalue weighted by molar-refractivity contribution is -0.141. The van der Waals surface area contributed by atoms with Gasteiger partial charge in [0.05, 0.1) is 0 Å². The molecule has 1 aliphatic heterocycles. The lowest BCUT2D eigenvalue weighted by atomic mass is 9.70. The van der Waals surface area contributed by atoms with Crippen LogP contribution >= 0.6 is 11.6 Å². The molecule has 2 amide bonds. The van der Waals surface area contributed by atoms with Crippen LogP contribution in [0.2, 0.25) is 5.02 Å². The quantitative estimate of drug-likeness (QED) is 0.738. The highest BCUT2D eigenvalue weighted by molar-refractivity contribution is 6.30. The molecule has 3 rings (SSSR count). The molecule has 0 radical (unpaired) electrons. The number of hydrogen-bond donors (Lipinski definition) is 2. The first kappa shape index (κ1) is 23.1. The second kappa shape index (κ2) is 9.27. The van der Waals surface area contributed by atoms with Gasteiger partial charge in [0.2, 0.25) is 11.8 Å². The molecule has 1 aromatic carbocycles. The van der Waals surface area contributed by atoms with Crippen molar-refractivity contribution in [3.63, 3.8) is 0 Å². The second-order valence-corrected chi connectivity index (χ2v) is 10.6. The minimum absolute atomic E-state index is 0.0229. The average molecular weight is 434 g/mol. The number of halogens is 1. The molecule has 0 bridgehead atoms. The van der Waals surface area contributed by atoms with Crippen LogP contribution in [-0.2, 0) is 9.59 Å². The fraction of sp³-hybridized carbons (Fsp3) is 0.667. The summed E-state index contributed by atoms with van der Waals surface area (Å²) in [6.07, 6.45) is 3.30. The molecule has 2 fully saturated rings. The number of amides is 2. The number of benzene rings is 1. The van der Waals surface area contributed by atoms with Crippen LogP contribution in [0.15, 0.2) is 24.3 Å². The Morgan fingerprint density at radius 2 is 1.83 bits per heavy atom. The molecule has 1 unspecified atom stereocenters. The summed E-state index contributed by atoms with van der Waals surface area (Å²) < 4.78 is 0. The molecular formula is C24H36ClN3O2. The maximum Gasteiger partial charge on any atom is 0.245 e. The van der Waals surface area contributed by atoms with Gasteiger partial charge in [0.1, 0.15) is 6.04 Å². The van der Waals surface area contributed by atoms with Crippen molar-refractivity contribution < 1.29 is 9.59 Å². The van der Waals surface area contributed by atoms with Crippen molar-refractivity contribution in [1.29, 1.82) is 0 Å². The summed E-state index contributed by atoms with van der Waals surface area (Å²) in [5, 5.41) is 3.79. The number of piperidine rings is 1. The van der Waals surface area contributed by atoms with Crippen molar-refractivity contribution in [1.82, 2.24) is 10.2 Å². The normalized spacial score (nSPS) is 27.2. The van der Waals surface area contributed by atoms with E-state index in [1.54, 1.807) is 0 Å². The van der Waals surface area contributed by atoms with E-state index in [9.17, 15) is 9.59 Å². The smallest absolute Gasteiger partial charge is 0.245 e. The number of likely N-dealkylation sites (tertiary alicyclic amines) is 1. The van der Waals surface area contributed by atoms with Crippen LogP contribution in [0.4, 0.5) is 0 Å². The Kier molecular flexibility index (Phi) is 7.13. The van der Waals surface area contributed by atoms with Crippen LogP contribution in [0.1, 0.15) is 64.9 Å². The maximum absolute atomic E-state index is 13.4. The van der Waals surface area contributed by atoms with E-state index in [1.165, 1.54) is 5.56 Å². The first-order valence-corrected chi connectivity index (χ1v) is 11.6. The lowest BCUT2D eigenvalue weighted by Gasteiger charge is -2.46. The monoisotopic (exact) mass is 433 g/mol. The molecule has 0 spiro atoms. The topological polar surface area (TPSA) is 75.4 Å². The first-order chi connectivity index (χ1) is 14.1. The molecule has 3 N–H and O–H groups in total. The van der Waals surface area contributed by atoms with Gasteiger partial charge in [0, 0.05) is 30.1 Å². The second-order valence-electron chi connectivity index (χ2n) is 10.1. The van der Waals surface area contributed by atoms with Gasteiger partial charge in [0.25, 0.3) is 0 Å². The van der Waals surface area contributed by atoms with Crippen LogP contribution in [-0.4, -0.2) is 41.9 Å². The summed E-state index contributed by atoms with van der Waals surface area (Å²) in [7, 11) is 0. The largest absolute Gasteiger partial charge is 0.344 e. The lowest BCUT2D eigenvalue weighted by Crippen LogP contribution is -2.56. The Bertz CT molecular complexity index is 762. The number of rotatable bonds is 5. The van der Waals surface area contributed by atoms with Gasteiger partial charge in [-0.05, 0) is 60.6 Å². The molecular weight excluding hydrogens is 398 g/mol. The van der Waals surface area contributed by atoms with Crippen molar-refractivity contribution in [2.45, 2.75) is 71.4 Å². The zero-order chi connectivity index (χ0) is 22.1. The van der Waals surface area contributed by atoms with Crippen molar-refractivity contribution in [2.75, 3.05) is 13.1 Å². The third kappa shape index (κ3) is 5.17. The number of nitrogens with one attached hydrogen (secondary N) is 1. The van der Waals surface area contributed by atoms with Gasteiger partial charge in [-0.1, -0.05) is 51.4 Å². The molecule has 4 atom stereocenters. The number of carbonyl (C=O) groups is 2. The van der Waals surface area contributed by atoms with Gasteiger partial charge in [-0.2, -0.15) is 0 Å². The predicted molar refractivity (Wildman–Crippen MR) is 121 cm³/mol. The standard InChI is InChI=1S/C24H36ClN3O2/c1-15(2)21(27-22(29)17-7-10-19(26)13-17)23(30)28-12-11-20(24(3,4)14-28)16-5-8-18(25)9-6-16/h5-6,8-9,15,17,19-21H,7,10-14,26H2,1-4H3,(H,27,29)/t17-,19-,20?,21-/m1/s1. The van der Waals surface area contributed by atoms with Crippen LogP contribution in [0.3, 0.4) is 0 Å². The fourth-order valence-corrected chi connectivity index (χ4v) is 5.22. The summed E-state index contributed by atoms with van der Waals surface area (Å²) >= 11 is 6.05. The number of carbonyl (C=O) groups excluding carboxylic acids is 2. The van der Waals surface area contributed by atoms with E-state index in [0.29, 0.717) is 25.4 Å². The van der Waals surface area contributed by atoms with E-state index >= 15 is 0 Å². The van der Waals surface area contributed by atoms with Crippen molar-refractivity contribution >= 4 is 23.4 Å². The molecule has 2 aliphatic rings. The highest BCUT2D eigenvalue weighted by Crippen LogP contribution is 2.42. The van der Waals surface area contributed by atoms with Gasteiger partial charge in [-0.3, -0.25) is 9.59 Å².